The number of hydrogen-bond acceptors (Lipinski definition) is 3. The lowest BCUT2D eigenvalue weighted by atomic mass is 10.2. The van der Waals surface area contributed by atoms with Gasteiger partial charge in [0.25, 0.3) is 0 Å². The maximum absolute atomic E-state index is 13.4. The van der Waals surface area contributed by atoms with Gasteiger partial charge in [0.1, 0.15) is 6.04 Å². The first-order valence-corrected chi connectivity index (χ1v) is 9.83. The predicted octanol–water partition coefficient (Wildman–Crippen LogP) is 4.39. The summed E-state index contributed by atoms with van der Waals surface area (Å²) in [7, 11) is -4.28. The molecule has 2 aromatic carbocycles. The number of halogens is 3. The second-order valence-electron chi connectivity index (χ2n) is 5.59. The van der Waals surface area contributed by atoms with Crippen molar-refractivity contribution in [1.29, 1.82) is 0 Å². The fraction of sp³-hybridized carbons (Fsp3) is 0.294. The normalized spacial score (nSPS) is 14.9. The molecular weight excluding hydrogens is 371 g/mol. The molecule has 0 heterocycles. The van der Waals surface area contributed by atoms with E-state index in [0.29, 0.717) is 4.90 Å². The lowest BCUT2D eigenvalue weighted by molar-refractivity contribution is -0.150. The molecule has 0 spiro atoms. The van der Waals surface area contributed by atoms with Gasteiger partial charge in [-0.05, 0) is 31.2 Å². The van der Waals surface area contributed by atoms with E-state index in [1.807, 2.05) is 4.72 Å². The van der Waals surface area contributed by atoms with Gasteiger partial charge in [-0.25, -0.2) is 8.42 Å². The molecule has 3 nitrogen and oxygen atoms in total. The summed E-state index contributed by atoms with van der Waals surface area (Å²) in [6.07, 6.45) is -4.71. The van der Waals surface area contributed by atoms with Crippen molar-refractivity contribution < 1.29 is 21.6 Å². The summed E-state index contributed by atoms with van der Waals surface area (Å²) in [5, 5.41) is -1.04. The largest absolute Gasteiger partial charge is 0.405 e. The van der Waals surface area contributed by atoms with E-state index in [2.05, 4.69) is 0 Å². The van der Waals surface area contributed by atoms with Gasteiger partial charge in [0, 0.05) is 10.1 Å². The van der Waals surface area contributed by atoms with Crippen LogP contribution in [0.3, 0.4) is 0 Å². The fourth-order valence-electron chi connectivity index (χ4n) is 2.16. The van der Waals surface area contributed by atoms with E-state index < -0.39 is 27.5 Å². The van der Waals surface area contributed by atoms with E-state index in [4.69, 9.17) is 0 Å². The number of hydrogen-bond donors (Lipinski definition) is 1. The van der Waals surface area contributed by atoms with Gasteiger partial charge in [-0.2, -0.15) is 17.9 Å². The van der Waals surface area contributed by atoms with Gasteiger partial charge in [0.05, 0.1) is 4.90 Å². The number of thioether (sulfide) groups is 1. The Bertz CT molecular complexity index is 791. The molecule has 2 rings (SSSR count). The fourth-order valence-corrected chi connectivity index (χ4v) is 4.65. The van der Waals surface area contributed by atoms with E-state index in [1.54, 1.807) is 49.4 Å². The summed E-state index contributed by atoms with van der Waals surface area (Å²) in [6.45, 7) is 3.12. The third-order valence-corrected chi connectivity index (χ3v) is 6.15. The Morgan fingerprint density at radius 2 is 1.56 bits per heavy atom. The molecule has 136 valence electrons. The average molecular weight is 389 g/mol. The molecule has 0 aliphatic carbocycles. The highest BCUT2D eigenvalue weighted by atomic mass is 32.2. The summed E-state index contributed by atoms with van der Waals surface area (Å²) in [5.74, 6) is 0. The monoisotopic (exact) mass is 389 g/mol. The van der Waals surface area contributed by atoms with Crippen LogP contribution in [0.1, 0.15) is 12.5 Å². The number of sulfonamides is 1. The topological polar surface area (TPSA) is 46.2 Å². The minimum Gasteiger partial charge on any atom is -0.207 e. The first kappa shape index (κ1) is 19.8. The van der Waals surface area contributed by atoms with Crippen LogP contribution in [0.4, 0.5) is 13.2 Å². The van der Waals surface area contributed by atoms with Gasteiger partial charge in [-0.15, -0.1) is 11.8 Å². The zero-order valence-electron chi connectivity index (χ0n) is 13.6. The highest BCUT2D eigenvalue weighted by Gasteiger charge is 2.46. The van der Waals surface area contributed by atoms with E-state index in [9.17, 15) is 21.6 Å². The summed E-state index contributed by atoms with van der Waals surface area (Å²) in [4.78, 5) is 0.447. The Morgan fingerprint density at radius 3 is 2.08 bits per heavy atom. The van der Waals surface area contributed by atoms with Gasteiger partial charge >= 0.3 is 6.18 Å². The Balaban J connectivity index is 2.24. The lowest BCUT2D eigenvalue weighted by Gasteiger charge is -2.26. The molecule has 0 radical (unpaired) electrons. The highest BCUT2D eigenvalue weighted by molar-refractivity contribution is 8.00. The smallest absolute Gasteiger partial charge is 0.207 e. The maximum atomic E-state index is 13.4. The zero-order valence-corrected chi connectivity index (χ0v) is 15.3. The molecule has 0 unspecified atom stereocenters. The third kappa shape index (κ3) is 5.49. The zero-order chi connectivity index (χ0) is 18.7. The van der Waals surface area contributed by atoms with Gasteiger partial charge in [0.2, 0.25) is 10.0 Å². The van der Waals surface area contributed by atoms with Crippen molar-refractivity contribution >= 4 is 21.8 Å². The van der Waals surface area contributed by atoms with Crippen molar-refractivity contribution in [3.8, 4) is 0 Å². The number of nitrogens with one attached hydrogen (secondary N) is 1. The number of alkyl halides is 3. The first-order valence-electron chi connectivity index (χ1n) is 7.47. The third-order valence-electron chi connectivity index (χ3n) is 3.50. The molecule has 0 aliphatic heterocycles. The molecular formula is C17H18F3NO2S2. The van der Waals surface area contributed by atoms with Crippen LogP contribution in [0.2, 0.25) is 0 Å². The van der Waals surface area contributed by atoms with Gasteiger partial charge < -0.3 is 0 Å². The van der Waals surface area contributed by atoms with Crippen molar-refractivity contribution in [2.45, 2.75) is 41.1 Å². The van der Waals surface area contributed by atoms with Gasteiger partial charge in [0.15, 0.2) is 0 Å². The Morgan fingerprint density at radius 1 is 1.00 bits per heavy atom. The molecule has 0 saturated heterocycles. The summed E-state index contributed by atoms with van der Waals surface area (Å²) < 4.78 is 66.8. The molecule has 2 atom stereocenters. The molecule has 0 amide bonds. The summed E-state index contributed by atoms with van der Waals surface area (Å²) >= 11 is 0.970. The molecule has 25 heavy (non-hydrogen) atoms. The van der Waals surface area contributed by atoms with E-state index in [1.165, 1.54) is 19.1 Å². The van der Waals surface area contributed by atoms with E-state index in [0.717, 1.165) is 17.3 Å². The summed E-state index contributed by atoms with van der Waals surface area (Å²) in [6, 6.07) is 12.0. The van der Waals surface area contributed by atoms with Gasteiger partial charge in [-0.3, -0.25) is 0 Å². The Hall–Kier alpha value is -1.51. The van der Waals surface area contributed by atoms with Crippen LogP contribution in [-0.2, 0) is 10.0 Å². The van der Waals surface area contributed by atoms with Crippen LogP contribution in [0.15, 0.2) is 64.4 Å². The number of aryl methyl sites for hydroxylation is 1. The molecule has 0 fully saturated rings. The Labute approximate surface area is 149 Å². The summed E-state index contributed by atoms with van der Waals surface area (Å²) in [5.41, 5.74) is 0.819. The quantitative estimate of drug-likeness (QED) is 0.746. The molecule has 0 saturated carbocycles. The highest BCUT2D eigenvalue weighted by Crippen LogP contribution is 2.33. The molecule has 0 aliphatic rings. The standard InChI is InChI=1S/C17H18F3NO2S2/c1-12-8-10-15(11-9-12)25(22,23)21-16(17(18,19)20)13(2)24-14-6-4-3-5-7-14/h3-11,13,16,21H,1-2H3/t13-,16-/m0/s1. The average Bonchev–Trinajstić information content (AvgIpc) is 2.53. The van der Waals surface area contributed by atoms with E-state index in [-0.39, 0.29) is 4.90 Å². The second kappa shape index (κ2) is 7.80. The van der Waals surface area contributed by atoms with Crippen molar-refractivity contribution in [3.05, 3.63) is 60.2 Å². The van der Waals surface area contributed by atoms with Crippen LogP contribution in [0.5, 0.6) is 0 Å². The van der Waals surface area contributed by atoms with Crippen molar-refractivity contribution in [2.24, 2.45) is 0 Å². The van der Waals surface area contributed by atoms with Crippen LogP contribution in [0, 0.1) is 6.92 Å². The minimum absolute atomic E-state index is 0.190. The first-order chi connectivity index (χ1) is 11.6. The van der Waals surface area contributed by atoms with Crippen molar-refractivity contribution in [2.75, 3.05) is 0 Å². The molecule has 0 aromatic heterocycles. The number of rotatable bonds is 6. The predicted molar refractivity (Wildman–Crippen MR) is 93.1 cm³/mol. The van der Waals surface area contributed by atoms with Crippen LogP contribution >= 0.6 is 11.8 Å². The Kier molecular flexibility index (Phi) is 6.18. The molecule has 1 N–H and O–H groups in total. The van der Waals surface area contributed by atoms with Crippen LogP contribution in [0.25, 0.3) is 0 Å². The second-order valence-corrected chi connectivity index (χ2v) is 8.75. The molecule has 2 aromatic rings. The number of benzene rings is 2. The van der Waals surface area contributed by atoms with Crippen molar-refractivity contribution in [3.63, 3.8) is 0 Å². The van der Waals surface area contributed by atoms with Crippen molar-refractivity contribution in [1.82, 2.24) is 4.72 Å². The lowest BCUT2D eigenvalue weighted by Crippen LogP contribution is -2.50. The van der Waals surface area contributed by atoms with Crippen LogP contribution < -0.4 is 4.72 Å². The van der Waals surface area contributed by atoms with Gasteiger partial charge in [-0.1, -0.05) is 42.8 Å². The SMILES string of the molecule is Cc1ccc(S(=O)(=O)N[C@@H]([C@H](C)Sc2ccccc2)C(F)(F)F)cc1. The minimum atomic E-state index is -4.71. The molecule has 0 bridgehead atoms. The van der Waals surface area contributed by atoms with Crippen LogP contribution in [-0.4, -0.2) is 25.9 Å². The molecule has 8 heteroatoms. The maximum Gasteiger partial charge on any atom is 0.405 e. The van der Waals surface area contributed by atoms with E-state index >= 15 is 0 Å².